The SMILES string of the molecule is COc1ccc(/C=C(\C#N)c2cc(OC)c(OC)c(OC)c2)cc1O. The number of benzene rings is 2. The van der Waals surface area contributed by atoms with Crippen LogP contribution in [-0.2, 0) is 0 Å². The first-order valence-electron chi connectivity index (χ1n) is 7.37. The van der Waals surface area contributed by atoms with E-state index in [1.165, 1.54) is 34.5 Å². The molecule has 25 heavy (non-hydrogen) atoms. The van der Waals surface area contributed by atoms with Gasteiger partial charge in [-0.25, -0.2) is 0 Å². The van der Waals surface area contributed by atoms with Gasteiger partial charge in [0.1, 0.15) is 0 Å². The van der Waals surface area contributed by atoms with Gasteiger partial charge in [0, 0.05) is 0 Å². The molecule has 0 aliphatic rings. The molecule has 0 fully saturated rings. The van der Waals surface area contributed by atoms with Crippen molar-refractivity contribution in [2.75, 3.05) is 28.4 Å². The van der Waals surface area contributed by atoms with Crippen LogP contribution >= 0.6 is 0 Å². The van der Waals surface area contributed by atoms with Gasteiger partial charge in [-0.3, -0.25) is 0 Å². The van der Waals surface area contributed by atoms with Crippen molar-refractivity contribution < 1.29 is 24.1 Å². The van der Waals surface area contributed by atoms with E-state index in [9.17, 15) is 10.4 Å². The normalized spacial score (nSPS) is 10.8. The zero-order valence-corrected chi connectivity index (χ0v) is 14.5. The van der Waals surface area contributed by atoms with Crippen LogP contribution in [0.25, 0.3) is 11.6 Å². The number of rotatable bonds is 6. The van der Waals surface area contributed by atoms with Gasteiger partial charge in [-0.2, -0.15) is 5.26 Å². The number of methoxy groups -OCH3 is 4. The zero-order chi connectivity index (χ0) is 18.4. The van der Waals surface area contributed by atoms with Gasteiger partial charge in [0.2, 0.25) is 5.75 Å². The topological polar surface area (TPSA) is 80.9 Å². The van der Waals surface area contributed by atoms with Gasteiger partial charge in [0.15, 0.2) is 23.0 Å². The van der Waals surface area contributed by atoms with Gasteiger partial charge in [-0.1, -0.05) is 6.07 Å². The van der Waals surface area contributed by atoms with E-state index in [0.29, 0.717) is 39.7 Å². The van der Waals surface area contributed by atoms with Gasteiger partial charge < -0.3 is 24.1 Å². The van der Waals surface area contributed by atoms with Crippen LogP contribution in [0.5, 0.6) is 28.7 Å². The molecule has 2 aromatic rings. The first-order chi connectivity index (χ1) is 12.1. The molecular weight excluding hydrogens is 322 g/mol. The van der Waals surface area contributed by atoms with Crippen LogP contribution in [-0.4, -0.2) is 33.5 Å². The van der Waals surface area contributed by atoms with Gasteiger partial charge in [-0.15, -0.1) is 0 Å². The minimum Gasteiger partial charge on any atom is -0.504 e. The van der Waals surface area contributed by atoms with Crippen LogP contribution in [0.15, 0.2) is 30.3 Å². The first-order valence-corrected chi connectivity index (χ1v) is 7.37. The predicted octanol–water partition coefficient (Wildman–Crippen LogP) is 3.49. The predicted molar refractivity (Wildman–Crippen MR) is 94.2 cm³/mol. The molecule has 0 unspecified atom stereocenters. The largest absolute Gasteiger partial charge is 0.504 e. The second-order valence-electron chi connectivity index (χ2n) is 5.02. The molecule has 0 heterocycles. The summed E-state index contributed by atoms with van der Waals surface area (Å²) in [5.41, 5.74) is 1.64. The van der Waals surface area contributed by atoms with E-state index in [-0.39, 0.29) is 5.75 Å². The summed E-state index contributed by atoms with van der Waals surface area (Å²) < 4.78 is 20.9. The van der Waals surface area contributed by atoms with Gasteiger partial charge in [0.25, 0.3) is 0 Å². The maximum absolute atomic E-state index is 9.89. The van der Waals surface area contributed by atoms with Crippen molar-refractivity contribution in [1.29, 1.82) is 5.26 Å². The van der Waals surface area contributed by atoms with E-state index in [0.717, 1.165) is 0 Å². The summed E-state index contributed by atoms with van der Waals surface area (Å²) in [5.74, 6) is 1.72. The number of nitriles is 1. The third-order valence-electron chi connectivity index (χ3n) is 3.61. The lowest BCUT2D eigenvalue weighted by Crippen LogP contribution is -1.96. The quantitative estimate of drug-likeness (QED) is 0.640. The fourth-order valence-electron chi connectivity index (χ4n) is 2.38. The monoisotopic (exact) mass is 341 g/mol. The maximum Gasteiger partial charge on any atom is 0.203 e. The van der Waals surface area contributed by atoms with E-state index >= 15 is 0 Å². The average Bonchev–Trinajstić information content (AvgIpc) is 2.64. The molecule has 0 spiro atoms. The highest BCUT2D eigenvalue weighted by Crippen LogP contribution is 2.40. The van der Waals surface area contributed by atoms with Gasteiger partial charge >= 0.3 is 0 Å². The van der Waals surface area contributed by atoms with E-state index in [2.05, 4.69) is 6.07 Å². The lowest BCUT2D eigenvalue weighted by Gasteiger charge is -2.14. The Morgan fingerprint density at radius 1 is 0.920 bits per heavy atom. The first kappa shape index (κ1) is 18.0. The summed E-state index contributed by atoms with van der Waals surface area (Å²) in [6, 6.07) is 10.4. The molecule has 0 aliphatic carbocycles. The van der Waals surface area contributed by atoms with Crippen LogP contribution in [0.2, 0.25) is 0 Å². The number of allylic oxidation sites excluding steroid dienone is 1. The van der Waals surface area contributed by atoms with E-state index in [4.69, 9.17) is 18.9 Å². The smallest absolute Gasteiger partial charge is 0.203 e. The fourth-order valence-corrected chi connectivity index (χ4v) is 2.38. The molecule has 1 N–H and O–H groups in total. The highest BCUT2D eigenvalue weighted by Gasteiger charge is 2.15. The minimum atomic E-state index is -0.00145. The van der Waals surface area contributed by atoms with Crippen molar-refractivity contribution in [3.05, 3.63) is 41.5 Å². The summed E-state index contributed by atoms with van der Waals surface area (Å²) in [5, 5.41) is 19.4. The number of hydrogen-bond donors (Lipinski definition) is 1. The van der Waals surface area contributed by atoms with Crippen molar-refractivity contribution >= 4 is 11.6 Å². The van der Waals surface area contributed by atoms with Gasteiger partial charge in [-0.05, 0) is 41.5 Å². The molecule has 0 saturated carbocycles. The highest BCUT2D eigenvalue weighted by molar-refractivity contribution is 5.91. The number of ether oxygens (including phenoxy) is 4. The van der Waals surface area contributed by atoms with Crippen molar-refractivity contribution in [1.82, 2.24) is 0 Å². The van der Waals surface area contributed by atoms with Crippen LogP contribution < -0.4 is 18.9 Å². The Balaban J connectivity index is 2.54. The van der Waals surface area contributed by atoms with E-state index < -0.39 is 0 Å². The molecule has 2 rings (SSSR count). The molecule has 0 saturated heterocycles. The lowest BCUT2D eigenvalue weighted by atomic mass is 10.0. The summed E-state index contributed by atoms with van der Waals surface area (Å²) in [6.45, 7) is 0. The Labute approximate surface area is 146 Å². The lowest BCUT2D eigenvalue weighted by molar-refractivity contribution is 0.324. The Morgan fingerprint density at radius 3 is 1.96 bits per heavy atom. The van der Waals surface area contributed by atoms with Crippen LogP contribution in [0.3, 0.4) is 0 Å². The third-order valence-corrected chi connectivity index (χ3v) is 3.61. The molecule has 6 nitrogen and oxygen atoms in total. The third kappa shape index (κ3) is 3.78. The Morgan fingerprint density at radius 2 is 1.52 bits per heavy atom. The summed E-state index contributed by atoms with van der Waals surface area (Å²) >= 11 is 0. The van der Waals surface area contributed by atoms with E-state index in [1.54, 1.807) is 30.3 Å². The maximum atomic E-state index is 9.89. The van der Waals surface area contributed by atoms with Crippen molar-refractivity contribution in [3.63, 3.8) is 0 Å². The second kappa shape index (κ2) is 7.97. The Bertz CT molecular complexity index is 811. The molecule has 0 bridgehead atoms. The molecule has 0 amide bonds. The standard InChI is InChI=1S/C19H19NO5/c1-22-16-6-5-12(8-15(16)21)7-14(11-20)13-9-17(23-2)19(25-4)18(10-13)24-3/h5-10,21H,1-4H3/b14-7+. The van der Waals surface area contributed by atoms with E-state index in [1.807, 2.05) is 0 Å². The molecule has 0 radical (unpaired) electrons. The molecule has 0 atom stereocenters. The molecular formula is C19H19NO5. The molecule has 6 heteroatoms. The summed E-state index contributed by atoms with van der Waals surface area (Å²) in [7, 11) is 6.01. The number of nitrogens with zero attached hydrogens (tertiary/aromatic N) is 1. The second-order valence-corrected chi connectivity index (χ2v) is 5.02. The fraction of sp³-hybridized carbons (Fsp3) is 0.211. The Kier molecular flexibility index (Phi) is 5.75. The number of aromatic hydroxyl groups is 1. The molecule has 0 aromatic heterocycles. The average molecular weight is 341 g/mol. The molecule has 0 aliphatic heterocycles. The van der Waals surface area contributed by atoms with Gasteiger partial charge in [0.05, 0.1) is 40.1 Å². The van der Waals surface area contributed by atoms with Crippen molar-refractivity contribution in [2.24, 2.45) is 0 Å². The number of phenolic OH excluding ortho intramolecular Hbond substituents is 1. The highest BCUT2D eigenvalue weighted by atomic mass is 16.5. The minimum absolute atomic E-state index is 0.00145. The van der Waals surface area contributed by atoms with Crippen molar-refractivity contribution in [2.45, 2.75) is 0 Å². The summed E-state index contributed by atoms with van der Waals surface area (Å²) in [4.78, 5) is 0. The van der Waals surface area contributed by atoms with Crippen LogP contribution in [0.1, 0.15) is 11.1 Å². The molecule has 130 valence electrons. The summed E-state index contributed by atoms with van der Waals surface area (Å²) in [6.07, 6.45) is 1.65. The Hall–Kier alpha value is -3.33. The molecule has 2 aromatic carbocycles. The number of hydrogen-bond acceptors (Lipinski definition) is 6. The van der Waals surface area contributed by atoms with Crippen LogP contribution in [0, 0.1) is 11.3 Å². The zero-order valence-electron chi connectivity index (χ0n) is 14.5. The number of phenols is 1. The van der Waals surface area contributed by atoms with Crippen LogP contribution in [0.4, 0.5) is 0 Å². The van der Waals surface area contributed by atoms with Crippen molar-refractivity contribution in [3.8, 4) is 34.8 Å².